The lowest BCUT2D eigenvalue weighted by atomic mass is 9.44. The van der Waals surface area contributed by atoms with Crippen molar-refractivity contribution in [3.8, 4) is 0 Å². The van der Waals surface area contributed by atoms with Crippen LogP contribution in [-0.2, 0) is 9.59 Å². The smallest absolute Gasteiger partial charge is 0.178 e. The lowest BCUT2D eigenvalue weighted by Crippen LogP contribution is -2.62. The van der Waals surface area contributed by atoms with Gasteiger partial charge in [0.05, 0.1) is 6.10 Å². The summed E-state index contributed by atoms with van der Waals surface area (Å²) in [5.74, 6) is 0.916. The average molecular weight is 401 g/mol. The molecule has 4 aliphatic carbocycles. The summed E-state index contributed by atoms with van der Waals surface area (Å²) in [7, 11) is 0. The van der Waals surface area contributed by atoms with E-state index >= 15 is 0 Å². The molecule has 0 heterocycles. The van der Waals surface area contributed by atoms with E-state index in [2.05, 4.69) is 13.8 Å². The molecule has 4 heteroatoms. The van der Waals surface area contributed by atoms with Crippen molar-refractivity contribution in [3.05, 3.63) is 23.8 Å². The predicted octanol–water partition coefficient (Wildman–Crippen LogP) is 3.86. The number of aliphatic hydroxyl groups is 2. The Labute approximate surface area is 174 Å². The molecule has 0 saturated heterocycles. The van der Waals surface area contributed by atoms with Crippen molar-refractivity contribution in [1.29, 1.82) is 0 Å². The van der Waals surface area contributed by atoms with Gasteiger partial charge in [0.1, 0.15) is 5.60 Å². The molecule has 2 N–H and O–H groups in total. The van der Waals surface area contributed by atoms with E-state index in [9.17, 15) is 19.8 Å². The Morgan fingerprint density at radius 1 is 1.31 bits per heavy atom. The fourth-order valence-corrected chi connectivity index (χ4v) is 7.75. The first-order valence-corrected chi connectivity index (χ1v) is 11.3. The van der Waals surface area contributed by atoms with Crippen molar-refractivity contribution in [2.24, 2.45) is 40.4 Å². The molecule has 4 rings (SSSR count). The summed E-state index contributed by atoms with van der Waals surface area (Å²) in [6, 6.07) is 0. The first kappa shape index (κ1) is 21.0. The maximum absolute atomic E-state index is 13.1. The van der Waals surface area contributed by atoms with Crippen LogP contribution in [0.4, 0.5) is 0 Å². The zero-order valence-electron chi connectivity index (χ0n) is 18.4. The quantitative estimate of drug-likeness (QED) is 0.754. The lowest BCUT2D eigenvalue weighted by molar-refractivity contribution is -0.178. The first-order valence-electron chi connectivity index (χ1n) is 11.3. The van der Waals surface area contributed by atoms with Crippen molar-refractivity contribution >= 4 is 11.6 Å². The molecule has 29 heavy (non-hydrogen) atoms. The predicted molar refractivity (Wildman–Crippen MR) is 112 cm³/mol. The Bertz CT molecular complexity index is 795. The van der Waals surface area contributed by atoms with Crippen LogP contribution in [0.15, 0.2) is 23.8 Å². The molecule has 8 atom stereocenters. The number of ketones is 2. The van der Waals surface area contributed by atoms with Crippen molar-refractivity contribution in [2.75, 3.05) is 0 Å². The molecule has 3 saturated carbocycles. The van der Waals surface area contributed by atoms with Gasteiger partial charge in [-0.25, -0.2) is 0 Å². The highest BCUT2D eigenvalue weighted by Crippen LogP contribution is 2.67. The number of Topliss-reactive ketones (excluding diaryl/α,β-unsaturated/α-hetero) is 1. The molecule has 0 aromatic carbocycles. The van der Waals surface area contributed by atoms with E-state index in [1.54, 1.807) is 12.2 Å². The van der Waals surface area contributed by atoms with Crippen molar-refractivity contribution in [2.45, 2.75) is 78.4 Å². The number of fused-ring (bicyclic) bond motifs is 5. The Hall–Kier alpha value is -1.26. The van der Waals surface area contributed by atoms with Gasteiger partial charge in [-0.1, -0.05) is 46.3 Å². The molecule has 3 fully saturated rings. The summed E-state index contributed by atoms with van der Waals surface area (Å²) in [5, 5.41) is 23.0. The van der Waals surface area contributed by atoms with Crippen LogP contribution in [0.5, 0.6) is 0 Å². The molecule has 0 aromatic heterocycles. The van der Waals surface area contributed by atoms with E-state index in [1.165, 1.54) is 0 Å². The zero-order valence-corrected chi connectivity index (χ0v) is 18.4. The molecule has 0 aliphatic heterocycles. The first-order chi connectivity index (χ1) is 13.4. The van der Waals surface area contributed by atoms with Crippen LogP contribution in [0.2, 0.25) is 0 Å². The van der Waals surface area contributed by atoms with Gasteiger partial charge in [0.25, 0.3) is 0 Å². The summed E-state index contributed by atoms with van der Waals surface area (Å²) in [6.45, 7) is 10.4. The highest BCUT2D eigenvalue weighted by atomic mass is 16.3. The third-order valence-corrected chi connectivity index (χ3v) is 9.02. The molecule has 0 amide bonds. The summed E-state index contributed by atoms with van der Waals surface area (Å²) < 4.78 is 0. The Morgan fingerprint density at radius 2 is 2.00 bits per heavy atom. The van der Waals surface area contributed by atoms with Crippen LogP contribution in [0.25, 0.3) is 0 Å². The fourth-order valence-electron chi connectivity index (χ4n) is 7.75. The standard InChI is InChI=1S/C25H36O4/c1-14(2)10-21(28)25(29)9-7-18-17-11-15(3)19-12-16(26)6-8-23(19,4)22(17)20(27)13-24(18,25)5/h6,8,12,14-15,17-18,20,22,27,29H,7,9-11,13H2,1-5H3/t15-,17-,18-,20-,22+,23-,24-,25-/m0/s1. The number of carbonyl (C=O) groups excluding carboxylic acids is 2. The third kappa shape index (κ3) is 2.78. The zero-order chi connectivity index (χ0) is 21.4. The van der Waals surface area contributed by atoms with Gasteiger partial charge < -0.3 is 10.2 Å². The van der Waals surface area contributed by atoms with Crippen LogP contribution < -0.4 is 0 Å². The van der Waals surface area contributed by atoms with Gasteiger partial charge in [-0.15, -0.1) is 0 Å². The molecular weight excluding hydrogens is 364 g/mol. The van der Waals surface area contributed by atoms with Crippen LogP contribution in [-0.4, -0.2) is 33.5 Å². The summed E-state index contributed by atoms with van der Waals surface area (Å²) in [5.41, 5.74) is -1.13. The van der Waals surface area contributed by atoms with Crippen molar-refractivity contribution in [3.63, 3.8) is 0 Å². The van der Waals surface area contributed by atoms with Gasteiger partial charge in [0, 0.05) is 23.2 Å². The van der Waals surface area contributed by atoms with Gasteiger partial charge in [-0.3, -0.25) is 9.59 Å². The second-order valence-corrected chi connectivity index (χ2v) is 11.2. The normalized spacial score (nSPS) is 48.8. The van der Waals surface area contributed by atoms with Gasteiger partial charge in [0.2, 0.25) is 0 Å². The summed E-state index contributed by atoms with van der Waals surface area (Å²) >= 11 is 0. The van der Waals surface area contributed by atoms with Gasteiger partial charge in [0.15, 0.2) is 11.6 Å². The van der Waals surface area contributed by atoms with Crippen molar-refractivity contribution in [1.82, 2.24) is 0 Å². The summed E-state index contributed by atoms with van der Waals surface area (Å²) in [6.07, 6.45) is 7.89. The van der Waals surface area contributed by atoms with Crippen LogP contribution >= 0.6 is 0 Å². The number of hydrogen-bond acceptors (Lipinski definition) is 4. The number of allylic oxidation sites excluding steroid dienone is 4. The number of hydrogen-bond donors (Lipinski definition) is 2. The van der Waals surface area contributed by atoms with Crippen molar-refractivity contribution < 1.29 is 19.8 Å². The molecule has 160 valence electrons. The molecule has 0 spiro atoms. The monoisotopic (exact) mass is 400 g/mol. The maximum Gasteiger partial charge on any atom is 0.178 e. The topological polar surface area (TPSA) is 74.6 Å². The lowest BCUT2D eigenvalue weighted by Gasteiger charge is -2.60. The van der Waals surface area contributed by atoms with E-state index < -0.39 is 17.1 Å². The number of aliphatic hydroxyl groups excluding tert-OH is 1. The summed E-state index contributed by atoms with van der Waals surface area (Å²) in [4.78, 5) is 25.1. The second kappa shape index (κ2) is 6.62. The van der Waals surface area contributed by atoms with Gasteiger partial charge in [-0.05, 0) is 61.5 Å². The maximum atomic E-state index is 13.1. The molecule has 4 aliphatic rings. The van der Waals surface area contributed by atoms with E-state index in [1.807, 2.05) is 26.8 Å². The molecule has 4 nitrogen and oxygen atoms in total. The van der Waals surface area contributed by atoms with E-state index in [0.717, 1.165) is 18.4 Å². The van der Waals surface area contributed by atoms with Gasteiger partial charge >= 0.3 is 0 Å². The Balaban J connectivity index is 1.73. The van der Waals surface area contributed by atoms with Crippen LogP contribution in [0.3, 0.4) is 0 Å². The minimum atomic E-state index is -1.34. The minimum Gasteiger partial charge on any atom is -0.393 e. The second-order valence-electron chi connectivity index (χ2n) is 11.2. The molecule has 0 bridgehead atoms. The average Bonchev–Trinajstić information content (AvgIpc) is 2.88. The van der Waals surface area contributed by atoms with Gasteiger partial charge in [-0.2, -0.15) is 0 Å². The molecule has 0 unspecified atom stereocenters. The highest BCUT2D eigenvalue weighted by Gasteiger charge is 2.68. The minimum absolute atomic E-state index is 0.0231. The van der Waals surface area contributed by atoms with Crippen LogP contribution in [0.1, 0.15) is 66.7 Å². The highest BCUT2D eigenvalue weighted by molar-refractivity contribution is 6.01. The van der Waals surface area contributed by atoms with E-state index in [-0.39, 0.29) is 46.6 Å². The largest absolute Gasteiger partial charge is 0.393 e. The van der Waals surface area contributed by atoms with E-state index in [4.69, 9.17) is 0 Å². The third-order valence-electron chi connectivity index (χ3n) is 9.02. The van der Waals surface area contributed by atoms with Crippen LogP contribution in [0, 0.1) is 40.4 Å². The molecule has 0 radical (unpaired) electrons. The SMILES string of the molecule is CC(C)CC(=O)[C@@]1(O)CC[C@H]2[C@@H]3C[C@H](C)C4=CC(=O)C=C[C@]4(C)[C@H]3[C@@H](O)C[C@@]21C. The molecule has 0 aromatic rings. The fraction of sp³-hybridized carbons (Fsp3) is 0.760. The van der Waals surface area contributed by atoms with E-state index in [0.29, 0.717) is 19.3 Å². The number of rotatable bonds is 3. The number of carbonyl (C=O) groups is 2. The molecular formula is C25H36O4. The Kier molecular flexibility index (Phi) is 4.79. The Morgan fingerprint density at radius 3 is 2.66 bits per heavy atom.